The molecule has 4 N–H and O–H groups in total. The van der Waals surface area contributed by atoms with Crippen LogP contribution in [-0.4, -0.2) is 64.7 Å². The second-order valence-corrected chi connectivity index (χ2v) is 6.87. The van der Waals surface area contributed by atoms with E-state index in [1.807, 2.05) is 24.4 Å². The summed E-state index contributed by atoms with van der Waals surface area (Å²) in [5.41, 5.74) is 7.77. The molecule has 0 saturated carbocycles. The lowest BCUT2D eigenvalue weighted by Crippen LogP contribution is -2.48. The molecule has 0 spiro atoms. The van der Waals surface area contributed by atoms with E-state index in [0.717, 1.165) is 44.5 Å². The van der Waals surface area contributed by atoms with Crippen molar-refractivity contribution in [3.8, 4) is 5.75 Å². The highest BCUT2D eigenvalue weighted by molar-refractivity contribution is 5.81. The molecule has 0 atom stereocenters. The molecule has 1 aromatic heterocycles. The smallest absolute Gasteiger partial charge is 0.231 e. The number of hydrogen-bond donors (Lipinski definition) is 3. The maximum Gasteiger partial charge on any atom is 0.231 e. The van der Waals surface area contributed by atoms with E-state index in [1.165, 1.54) is 5.56 Å². The van der Waals surface area contributed by atoms with Crippen molar-refractivity contribution in [3.63, 3.8) is 0 Å². The number of aromatic hydroxyl groups is 1. The second kappa shape index (κ2) is 11.7. The van der Waals surface area contributed by atoms with E-state index in [1.54, 1.807) is 18.3 Å². The molecule has 1 amide bonds. The number of amides is 1. The Bertz CT molecular complexity index is 802. The standard InChI is InChI=1S/C12H18N4O.C10H11NO/c13-12(17)10-16-6-4-15(5-7-16)9-11-2-1-3-14-8-11;1-2-4-8-5-3-6-9(7-11)10(8)12/h1-3,8H,4-7,9-10H2,(H2,13,17);2-3,5-7,11-12H,1,4H2. The first kappa shape index (κ1) is 22.3. The van der Waals surface area contributed by atoms with Gasteiger partial charge in [-0.25, -0.2) is 0 Å². The van der Waals surface area contributed by atoms with Crippen LogP contribution >= 0.6 is 0 Å². The predicted molar refractivity (Wildman–Crippen MR) is 115 cm³/mol. The van der Waals surface area contributed by atoms with Crippen LogP contribution in [0.5, 0.6) is 5.75 Å². The minimum atomic E-state index is -0.245. The van der Waals surface area contributed by atoms with Gasteiger partial charge in [0.25, 0.3) is 0 Å². The van der Waals surface area contributed by atoms with Crippen molar-refractivity contribution in [2.24, 2.45) is 5.73 Å². The van der Waals surface area contributed by atoms with Gasteiger partial charge in [0.1, 0.15) is 5.75 Å². The maximum absolute atomic E-state index is 10.8. The van der Waals surface area contributed by atoms with Gasteiger partial charge in [-0.1, -0.05) is 24.3 Å². The van der Waals surface area contributed by atoms with E-state index in [-0.39, 0.29) is 11.7 Å². The Kier molecular flexibility index (Phi) is 9.01. The molecule has 2 aromatic rings. The van der Waals surface area contributed by atoms with E-state index in [4.69, 9.17) is 11.1 Å². The first-order valence-corrected chi connectivity index (χ1v) is 9.57. The molecule has 7 nitrogen and oxygen atoms in total. The molecular formula is C22H29N5O2. The zero-order valence-corrected chi connectivity index (χ0v) is 16.6. The average Bonchev–Trinajstić information content (AvgIpc) is 2.72. The molecule has 1 aliphatic rings. The van der Waals surface area contributed by atoms with E-state index >= 15 is 0 Å². The lowest BCUT2D eigenvalue weighted by molar-refractivity contribution is -0.119. The van der Waals surface area contributed by atoms with Gasteiger partial charge in [0.2, 0.25) is 5.91 Å². The third kappa shape index (κ3) is 7.48. The number of primary amides is 1. The molecule has 1 aromatic carbocycles. The summed E-state index contributed by atoms with van der Waals surface area (Å²) in [4.78, 5) is 19.4. The summed E-state index contributed by atoms with van der Waals surface area (Å²) in [7, 11) is 0. The maximum atomic E-state index is 10.8. The summed E-state index contributed by atoms with van der Waals surface area (Å²) in [6.07, 6.45) is 7.18. The van der Waals surface area contributed by atoms with Crippen LogP contribution in [0.1, 0.15) is 16.7 Å². The van der Waals surface area contributed by atoms with Gasteiger partial charge in [-0.15, -0.1) is 6.58 Å². The lowest BCUT2D eigenvalue weighted by Gasteiger charge is -2.33. The predicted octanol–water partition coefficient (Wildman–Crippen LogP) is 1.80. The Morgan fingerprint density at radius 2 is 1.93 bits per heavy atom. The number of para-hydroxylation sites is 1. The molecule has 2 heterocycles. The Hall–Kier alpha value is -3.03. The van der Waals surface area contributed by atoms with Crippen LogP contribution in [0.3, 0.4) is 0 Å². The quantitative estimate of drug-likeness (QED) is 0.490. The number of phenolic OH excluding ortho intramolecular Hbond substituents is 1. The highest BCUT2D eigenvalue weighted by Gasteiger charge is 2.17. The normalized spacial score (nSPS) is 14.5. The number of aromatic nitrogens is 1. The van der Waals surface area contributed by atoms with Crippen LogP contribution in [0, 0.1) is 5.41 Å². The minimum Gasteiger partial charge on any atom is -0.507 e. The summed E-state index contributed by atoms with van der Waals surface area (Å²) in [6.45, 7) is 8.65. The van der Waals surface area contributed by atoms with Gasteiger partial charge in [0, 0.05) is 56.9 Å². The van der Waals surface area contributed by atoms with Gasteiger partial charge in [0.05, 0.1) is 6.54 Å². The van der Waals surface area contributed by atoms with Crippen LogP contribution in [0.25, 0.3) is 0 Å². The van der Waals surface area contributed by atoms with Gasteiger partial charge in [-0.3, -0.25) is 19.6 Å². The minimum absolute atomic E-state index is 0.187. The molecular weight excluding hydrogens is 366 g/mol. The molecule has 1 aliphatic heterocycles. The topological polar surface area (TPSA) is 107 Å². The number of nitrogens with zero attached hydrogens (tertiary/aromatic N) is 3. The number of phenols is 1. The van der Waals surface area contributed by atoms with Crippen molar-refractivity contribution >= 4 is 12.1 Å². The molecule has 3 rings (SSSR count). The molecule has 7 heteroatoms. The van der Waals surface area contributed by atoms with Crippen LogP contribution in [0.15, 0.2) is 55.4 Å². The number of rotatable bonds is 7. The fraction of sp³-hybridized carbons (Fsp3) is 0.318. The Morgan fingerprint density at radius 3 is 2.52 bits per heavy atom. The van der Waals surface area contributed by atoms with Gasteiger partial charge in [-0.05, 0) is 29.7 Å². The van der Waals surface area contributed by atoms with E-state index in [2.05, 4.69) is 27.4 Å². The molecule has 154 valence electrons. The second-order valence-electron chi connectivity index (χ2n) is 6.87. The summed E-state index contributed by atoms with van der Waals surface area (Å²) >= 11 is 0. The largest absolute Gasteiger partial charge is 0.507 e. The van der Waals surface area contributed by atoms with E-state index in [9.17, 15) is 9.90 Å². The number of nitrogens with two attached hydrogens (primary N) is 1. The Morgan fingerprint density at radius 1 is 1.21 bits per heavy atom. The van der Waals surface area contributed by atoms with Crippen molar-refractivity contribution in [2.75, 3.05) is 32.7 Å². The van der Waals surface area contributed by atoms with Crippen molar-refractivity contribution < 1.29 is 9.90 Å². The third-order valence-corrected chi connectivity index (χ3v) is 4.64. The van der Waals surface area contributed by atoms with Crippen LogP contribution in [0.2, 0.25) is 0 Å². The van der Waals surface area contributed by atoms with Gasteiger partial charge in [0.15, 0.2) is 0 Å². The Balaban J connectivity index is 0.000000221. The fourth-order valence-electron chi connectivity index (χ4n) is 3.12. The molecule has 0 unspecified atom stereocenters. The molecule has 0 radical (unpaired) electrons. The highest BCUT2D eigenvalue weighted by atomic mass is 16.3. The third-order valence-electron chi connectivity index (χ3n) is 4.64. The average molecular weight is 396 g/mol. The molecule has 1 fully saturated rings. The van der Waals surface area contributed by atoms with Crippen molar-refractivity contribution in [2.45, 2.75) is 13.0 Å². The first-order chi connectivity index (χ1) is 14.0. The zero-order valence-electron chi connectivity index (χ0n) is 16.6. The number of nitrogens with one attached hydrogen (secondary N) is 1. The number of piperazine rings is 1. The summed E-state index contributed by atoms with van der Waals surface area (Å²) in [5.74, 6) is -0.0573. The molecule has 0 bridgehead atoms. The molecule has 1 saturated heterocycles. The van der Waals surface area contributed by atoms with Gasteiger partial charge in [-0.2, -0.15) is 0 Å². The number of pyridine rings is 1. The summed E-state index contributed by atoms with van der Waals surface area (Å²) < 4.78 is 0. The number of carbonyl (C=O) groups is 1. The van der Waals surface area contributed by atoms with Crippen molar-refractivity contribution in [1.29, 1.82) is 5.41 Å². The zero-order chi connectivity index (χ0) is 21.1. The van der Waals surface area contributed by atoms with Crippen LogP contribution in [0.4, 0.5) is 0 Å². The highest BCUT2D eigenvalue weighted by Crippen LogP contribution is 2.21. The van der Waals surface area contributed by atoms with Gasteiger partial charge >= 0.3 is 0 Å². The summed E-state index contributed by atoms with van der Waals surface area (Å²) in [6, 6.07) is 9.39. The monoisotopic (exact) mass is 395 g/mol. The number of allylic oxidation sites excluding steroid dienone is 1. The van der Waals surface area contributed by atoms with E-state index < -0.39 is 0 Å². The number of hydrogen-bond acceptors (Lipinski definition) is 6. The molecule has 29 heavy (non-hydrogen) atoms. The fourth-order valence-corrected chi connectivity index (χ4v) is 3.12. The SMILES string of the molecule is C=CCc1cccc(C=N)c1O.NC(=O)CN1CCN(Cc2cccnc2)CC1. The van der Waals surface area contributed by atoms with Crippen LogP contribution in [-0.2, 0) is 17.8 Å². The Labute approximate surface area is 172 Å². The molecule has 0 aliphatic carbocycles. The first-order valence-electron chi connectivity index (χ1n) is 9.57. The van der Waals surface area contributed by atoms with Crippen molar-refractivity contribution in [3.05, 3.63) is 72.1 Å². The number of carbonyl (C=O) groups excluding carboxylic acids is 1. The number of benzene rings is 1. The van der Waals surface area contributed by atoms with Crippen molar-refractivity contribution in [1.82, 2.24) is 14.8 Å². The summed E-state index contributed by atoms with van der Waals surface area (Å²) in [5, 5.41) is 16.5. The van der Waals surface area contributed by atoms with Gasteiger partial charge < -0.3 is 16.2 Å². The van der Waals surface area contributed by atoms with E-state index in [0.29, 0.717) is 18.5 Å². The lowest BCUT2D eigenvalue weighted by atomic mass is 10.1. The van der Waals surface area contributed by atoms with Crippen LogP contribution < -0.4 is 5.73 Å².